The van der Waals surface area contributed by atoms with Gasteiger partial charge < -0.3 is 10.2 Å². The van der Waals surface area contributed by atoms with Gasteiger partial charge in [0.2, 0.25) is 0 Å². The molecule has 1 aromatic carbocycles. The van der Waals surface area contributed by atoms with Crippen molar-refractivity contribution in [1.29, 1.82) is 0 Å². The van der Waals surface area contributed by atoms with Gasteiger partial charge in [-0.1, -0.05) is 44.2 Å². The highest BCUT2D eigenvalue weighted by atomic mass is 19.3. The van der Waals surface area contributed by atoms with E-state index in [-0.39, 0.29) is 19.7 Å². The lowest BCUT2D eigenvalue weighted by Gasteiger charge is -2.36. The maximum atomic E-state index is 12.5. The van der Waals surface area contributed by atoms with E-state index in [0.717, 1.165) is 5.56 Å². The third kappa shape index (κ3) is 5.15. The minimum Gasteiger partial charge on any atom is -0.395 e. The number of aliphatic hydroxyl groups is 2. The van der Waals surface area contributed by atoms with Crippen LogP contribution in [0.1, 0.15) is 25.5 Å². The SMILES string of the molecule is CC(C)(CN(CCO)CC(F)F)C(O)c1ccccc1. The largest absolute Gasteiger partial charge is 0.395 e. The number of aliphatic hydroxyl groups excluding tert-OH is 2. The van der Waals surface area contributed by atoms with Crippen LogP contribution < -0.4 is 0 Å². The van der Waals surface area contributed by atoms with Crippen molar-refractivity contribution in [1.82, 2.24) is 4.90 Å². The molecule has 114 valence electrons. The van der Waals surface area contributed by atoms with E-state index in [2.05, 4.69) is 0 Å². The predicted octanol–water partition coefficient (Wildman–Crippen LogP) is 2.31. The van der Waals surface area contributed by atoms with Crippen molar-refractivity contribution in [3.05, 3.63) is 35.9 Å². The lowest BCUT2D eigenvalue weighted by Crippen LogP contribution is -2.41. The first-order chi connectivity index (χ1) is 9.36. The summed E-state index contributed by atoms with van der Waals surface area (Å²) >= 11 is 0. The highest BCUT2D eigenvalue weighted by molar-refractivity contribution is 5.19. The standard InChI is InChI=1S/C15H23F2NO2/c1-15(2,11-18(8-9-19)10-13(16)17)14(20)12-6-4-3-5-7-12/h3-7,13-14,19-20H,8-11H2,1-2H3. The van der Waals surface area contributed by atoms with Crippen molar-refractivity contribution in [3.8, 4) is 0 Å². The molecule has 0 aliphatic rings. The number of hydrogen-bond donors (Lipinski definition) is 2. The third-order valence-corrected chi connectivity index (χ3v) is 3.30. The van der Waals surface area contributed by atoms with Crippen molar-refractivity contribution in [2.45, 2.75) is 26.4 Å². The Morgan fingerprint density at radius 2 is 1.80 bits per heavy atom. The molecule has 0 fully saturated rings. The average molecular weight is 287 g/mol. The van der Waals surface area contributed by atoms with Crippen molar-refractivity contribution in [2.75, 3.05) is 26.2 Å². The number of halogens is 2. The Hall–Kier alpha value is -1.04. The summed E-state index contributed by atoms with van der Waals surface area (Å²) in [4.78, 5) is 1.48. The average Bonchev–Trinajstić information content (AvgIpc) is 2.38. The second-order valence-electron chi connectivity index (χ2n) is 5.65. The van der Waals surface area contributed by atoms with Gasteiger partial charge in [0.1, 0.15) is 0 Å². The van der Waals surface area contributed by atoms with Gasteiger partial charge >= 0.3 is 0 Å². The molecule has 3 nitrogen and oxygen atoms in total. The summed E-state index contributed by atoms with van der Waals surface area (Å²) in [5.74, 6) is 0. The molecule has 0 aromatic heterocycles. The van der Waals surface area contributed by atoms with E-state index >= 15 is 0 Å². The number of hydrogen-bond acceptors (Lipinski definition) is 3. The number of alkyl halides is 2. The molecule has 20 heavy (non-hydrogen) atoms. The van der Waals surface area contributed by atoms with Gasteiger partial charge in [0, 0.05) is 18.5 Å². The quantitative estimate of drug-likeness (QED) is 0.771. The Kier molecular flexibility index (Phi) is 6.52. The summed E-state index contributed by atoms with van der Waals surface area (Å²) in [7, 11) is 0. The zero-order chi connectivity index (χ0) is 15.2. The van der Waals surface area contributed by atoms with Crippen LogP contribution in [-0.4, -0.2) is 47.8 Å². The van der Waals surface area contributed by atoms with Gasteiger partial charge in [0.15, 0.2) is 0 Å². The highest BCUT2D eigenvalue weighted by Crippen LogP contribution is 2.34. The van der Waals surface area contributed by atoms with Crippen molar-refractivity contribution < 1.29 is 19.0 Å². The van der Waals surface area contributed by atoms with Crippen molar-refractivity contribution >= 4 is 0 Å². The molecule has 1 rings (SSSR count). The van der Waals surface area contributed by atoms with Crippen LogP contribution in [0.15, 0.2) is 30.3 Å². The molecule has 1 unspecified atom stereocenters. The minimum absolute atomic E-state index is 0.176. The zero-order valence-corrected chi connectivity index (χ0v) is 12.0. The molecule has 1 aromatic rings. The molecule has 2 N–H and O–H groups in total. The van der Waals surface area contributed by atoms with Crippen molar-refractivity contribution in [2.24, 2.45) is 5.41 Å². The summed E-state index contributed by atoms with van der Waals surface area (Å²) in [5.41, 5.74) is 0.171. The molecule has 0 radical (unpaired) electrons. The van der Waals surface area contributed by atoms with E-state index in [1.54, 1.807) is 0 Å². The highest BCUT2D eigenvalue weighted by Gasteiger charge is 2.31. The molecule has 0 amide bonds. The first kappa shape index (κ1) is 17.0. The van der Waals surface area contributed by atoms with E-state index < -0.39 is 24.5 Å². The second kappa shape index (κ2) is 7.67. The summed E-state index contributed by atoms with van der Waals surface area (Å²) in [6.07, 6.45) is -3.20. The lowest BCUT2D eigenvalue weighted by atomic mass is 9.82. The molecule has 0 heterocycles. The summed E-state index contributed by atoms with van der Waals surface area (Å²) in [6.45, 7) is 3.56. The molecule has 0 aliphatic carbocycles. The van der Waals surface area contributed by atoms with E-state index in [1.165, 1.54) is 4.90 Å². The van der Waals surface area contributed by atoms with E-state index in [4.69, 9.17) is 5.11 Å². The molecule has 1 atom stereocenters. The van der Waals surface area contributed by atoms with Crippen LogP contribution in [0.4, 0.5) is 8.78 Å². The number of rotatable bonds is 8. The maximum Gasteiger partial charge on any atom is 0.251 e. The van der Waals surface area contributed by atoms with Gasteiger partial charge in [-0.05, 0) is 5.56 Å². The Morgan fingerprint density at radius 1 is 1.20 bits per heavy atom. The molecule has 0 saturated heterocycles. The Balaban J connectivity index is 2.75. The van der Waals surface area contributed by atoms with Crippen LogP contribution in [0.3, 0.4) is 0 Å². The molecule has 0 spiro atoms. The molecule has 5 heteroatoms. The monoisotopic (exact) mass is 287 g/mol. The van der Waals surface area contributed by atoms with Gasteiger partial charge in [-0.3, -0.25) is 4.90 Å². The summed E-state index contributed by atoms with van der Waals surface area (Å²) in [5, 5.41) is 19.4. The topological polar surface area (TPSA) is 43.7 Å². The Morgan fingerprint density at radius 3 is 2.30 bits per heavy atom. The van der Waals surface area contributed by atoms with Crippen molar-refractivity contribution in [3.63, 3.8) is 0 Å². The van der Waals surface area contributed by atoms with E-state index in [0.29, 0.717) is 0 Å². The van der Waals surface area contributed by atoms with Crippen LogP contribution in [0, 0.1) is 5.41 Å². The fourth-order valence-electron chi connectivity index (χ4n) is 2.32. The molecular weight excluding hydrogens is 264 g/mol. The maximum absolute atomic E-state index is 12.5. The van der Waals surface area contributed by atoms with Crippen LogP contribution in [-0.2, 0) is 0 Å². The van der Waals surface area contributed by atoms with Gasteiger partial charge in [0.25, 0.3) is 6.43 Å². The smallest absolute Gasteiger partial charge is 0.251 e. The van der Waals surface area contributed by atoms with Gasteiger partial charge in [0.05, 0.1) is 19.3 Å². The predicted molar refractivity (Wildman–Crippen MR) is 74.7 cm³/mol. The zero-order valence-electron chi connectivity index (χ0n) is 12.0. The van der Waals surface area contributed by atoms with Crippen LogP contribution >= 0.6 is 0 Å². The number of nitrogens with zero attached hydrogens (tertiary/aromatic N) is 1. The van der Waals surface area contributed by atoms with Gasteiger partial charge in [-0.2, -0.15) is 0 Å². The molecule has 0 bridgehead atoms. The Bertz CT molecular complexity index is 385. The molecule has 0 aliphatic heterocycles. The van der Waals surface area contributed by atoms with Crippen LogP contribution in [0.2, 0.25) is 0 Å². The lowest BCUT2D eigenvalue weighted by molar-refractivity contribution is -0.00127. The summed E-state index contributed by atoms with van der Waals surface area (Å²) in [6, 6.07) is 9.16. The first-order valence-corrected chi connectivity index (χ1v) is 6.71. The molecular formula is C15H23F2NO2. The Labute approximate surface area is 118 Å². The molecule has 0 saturated carbocycles. The number of benzene rings is 1. The van der Waals surface area contributed by atoms with Gasteiger partial charge in [-0.25, -0.2) is 8.78 Å². The van der Waals surface area contributed by atoms with Gasteiger partial charge in [-0.15, -0.1) is 0 Å². The van der Waals surface area contributed by atoms with E-state index in [1.807, 2.05) is 44.2 Å². The van der Waals surface area contributed by atoms with Crippen LogP contribution in [0.25, 0.3) is 0 Å². The fourth-order valence-corrected chi connectivity index (χ4v) is 2.32. The van der Waals surface area contributed by atoms with E-state index in [9.17, 15) is 13.9 Å². The third-order valence-electron chi connectivity index (χ3n) is 3.30. The van der Waals surface area contributed by atoms with Crippen LogP contribution in [0.5, 0.6) is 0 Å². The normalized spacial score (nSPS) is 14.0. The minimum atomic E-state index is -2.45. The summed E-state index contributed by atoms with van der Waals surface area (Å²) < 4.78 is 25.0. The first-order valence-electron chi connectivity index (χ1n) is 6.71. The fraction of sp³-hybridized carbons (Fsp3) is 0.600. The second-order valence-corrected chi connectivity index (χ2v) is 5.65.